The van der Waals surface area contributed by atoms with Crippen LogP contribution in [0, 0.1) is 13.8 Å². The van der Waals surface area contributed by atoms with Crippen LogP contribution in [0.25, 0.3) is 0 Å². The molecular weight excluding hydrogens is 290 g/mol. The molecule has 0 fully saturated rings. The molecule has 118 valence electrons. The van der Waals surface area contributed by atoms with E-state index in [1.165, 1.54) is 7.11 Å². The lowest BCUT2D eigenvalue weighted by molar-refractivity contribution is -0.137. The number of hydrogen-bond donors (Lipinski definition) is 1. The Morgan fingerprint density at radius 2 is 2.00 bits per heavy atom. The summed E-state index contributed by atoms with van der Waals surface area (Å²) in [6.07, 6.45) is 0. The minimum absolute atomic E-state index is 0.125. The zero-order valence-corrected chi connectivity index (χ0v) is 13.8. The Morgan fingerprint density at radius 1 is 1.33 bits per heavy atom. The molecule has 0 spiro atoms. The summed E-state index contributed by atoms with van der Waals surface area (Å²) in [6.45, 7) is 6.48. The maximum Gasteiger partial charge on any atom is 0.320 e. The molecule has 0 aliphatic heterocycles. The molecule has 0 bridgehead atoms. The van der Waals surface area contributed by atoms with Gasteiger partial charge in [0.2, 0.25) is 0 Å². The summed E-state index contributed by atoms with van der Waals surface area (Å²) in [5.41, 5.74) is 3.05. The van der Waals surface area contributed by atoms with E-state index in [0.717, 1.165) is 16.7 Å². The Morgan fingerprint density at radius 3 is 2.57 bits per heavy atom. The molecule has 6 heteroatoms. The van der Waals surface area contributed by atoms with Crippen LogP contribution in [-0.4, -0.2) is 39.5 Å². The van der Waals surface area contributed by atoms with E-state index in [4.69, 9.17) is 0 Å². The van der Waals surface area contributed by atoms with Crippen molar-refractivity contribution in [1.82, 2.24) is 5.32 Å². The van der Waals surface area contributed by atoms with E-state index >= 15 is 0 Å². The molecule has 1 atom stereocenters. The quantitative estimate of drug-likeness (QED) is 0.773. The molecular formula is C15H23NO4S. The number of methoxy groups -OCH3 is 1. The topological polar surface area (TPSA) is 72.5 Å². The van der Waals surface area contributed by atoms with Gasteiger partial charge in [-0.3, -0.25) is 4.79 Å². The molecule has 0 saturated heterocycles. The Balaban J connectivity index is 3.02. The van der Waals surface area contributed by atoms with Crippen molar-refractivity contribution >= 4 is 15.8 Å². The van der Waals surface area contributed by atoms with Gasteiger partial charge in [-0.1, -0.05) is 30.7 Å². The third-order valence-corrected chi connectivity index (χ3v) is 4.76. The average Bonchev–Trinajstić information content (AvgIpc) is 2.40. The first-order chi connectivity index (χ1) is 9.79. The molecule has 0 saturated carbocycles. The second-order valence-corrected chi connectivity index (χ2v) is 7.21. The fourth-order valence-corrected chi connectivity index (χ4v) is 3.59. The first kappa shape index (κ1) is 17.7. The summed E-state index contributed by atoms with van der Waals surface area (Å²) >= 11 is 0. The smallest absolute Gasteiger partial charge is 0.320 e. The highest BCUT2D eigenvalue weighted by Gasteiger charge is 2.24. The molecule has 0 heterocycles. The minimum atomic E-state index is -3.53. The molecule has 1 unspecified atom stereocenters. The van der Waals surface area contributed by atoms with Gasteiger partial charge in [-0.2, -0.15) is 0 Å². The van der Waals surface area contributed by atoms with Gasteiger partial charge in [0.1, 0.15) is 5.75 Å². The van der Waals surface area contributed by atoms with Crippen LogP contribution in [0.4, 0.5) is 0 Å². The van der Waals surface area contributed by atoms with Gasteiger partial charge in [0.25, 0.3) is 0 Å². The Labute approximate surface area is 126 Å². The van der Waals surface area contributed by atoms with Crippen LogP contribution >= 0.6 is 0 Å². The van der Waals surface area contributed by atoms with Gasteiger partial charge in [-0.25, -0.2) is 8.42 Å². The minimum Gasteiger partial charge on any atom is -0.468 e. The predicted molar refractivity (Wildman–Crippen MR) is 83.0 cm³/mol. The van der Waals surface area contributed by atoms with Gasteiger partial charge < -0.3 is 10.1 Å². The summed E-state index contributed by atoms with van der Waals surface area (Å²) in [7, 11) is -2.34. The Bertz CT molecular complexity index is 596. The molecule has 21 heavy (non-hydrogen) atoms. The summed E-state index contributed by atoms with van der Waals surface area (Å²) in [5, 5.41) is 3.18. The SMILES string of the molecule is CCNC(CS(=O)(=O)CC(=O)OC)c1cc(C)ccc1C. The van der Waals surface area contributed by atoms with Crippen LogP contribution in [0.15, 0.2) is 18.2 Å². The molecule has 5 nitrogen and oxygen atoms in total. The molecule has 1 rings (SSSR count). The van der Waals surface area contributed by atoms with Crippen molar-refractivity contribution in [2.75, 3.05) is 25.2 Å². The largest absolute Gasteiger partial charge is 0.468 e. The fourth-order valence-electron chi connectivity index (χ4n) is 2.19. The third-order valence-electron chi connectivity index (χ3n) is 3.25. The highest BCUT2D eigenvalue weighted by Crippen LogP contribution is 2.21. The van der Waals surface area contributed by atoms with Crippen LogP contribution in [0.3, 0.4) is 0 Å². The maximum absolute atomic E-state index is 12.1. The van der Waals surface area contributed by atoms with E-state index in [-0.39, 0.29) is 11.8 Å². The number of esters is 1. The molecule has 0 aromatic heterocycles. The number of rotatable bonds is 7. The zero-order valence-electron chi connectivity index (χ0n) is 13.0. The second kappa shape index (κ2) is 7.56. The van der Waals surface area contributed by atoms with Crippen molar-refractivity contribution in [1.29, 1.82) is 0 Å². The van der Waals surface area contributed by atoms with Crippen molar-refractivity contribution in [3.63, 3.8) is 0 Å². The van der Waals surface area contributed by atoms with Crippen LogP contribution in [0.2, 0.25) is 0 Å². The average molecular weight is 313 g/mol. The van der Waals surface area contributed by atoms with Gasteiger partial charge in [-0.15, -0.1) is 0 Å². The van der Waals surface area contributed by atoms with E-state index in [1.54, 1.807) is 0 Å². The van der Waals surface area contributed by atoms with Crippen LogP contribution in [0.1, 0.15) is 29.7 Å². The van der Waals surface area contributed by atoms with Crippen molar-refractivity contribution in [3.8, 4) is 0 Å². The number of sulfone groups is 1. The molecule has 1 aromatic rings. The van der Waals surface area contributed by atoms with Crippen molar-refractivity contribution in [2.45, 2.75) is 26.8 Å². The monoisotopic (exact) mass is 313 g/mol. The summed E-state index contributed by atoms with van der Waals surface area (Å²) in [5.74, 6) is -1.44. The Hall–Kier alpha value is -1.40. The van der Waals surface area contributed by atoms with E-state index < -0.39 is 21.6 Å². The fraction of sp³-hybridized carbons (Fsp3) is 0.533. The number of nitrogens with one attached hydrogen (secondary N) is 1. The van der Waals surface area contributed by atoms with Gasteiger partial charge in [0.15, 0.2) is 9.84 Å². The zero-order chi connectivity index (χ0) is 16.0. The summed E-state index contributed by atoms with van der Waals surface area (Å²) in [6, 6.07) is 5.62. The summed E-state index contributed by atoms with van der Waals surface area (Å²) in [4.78, 5) is 11.2. The van der Waals surface area contributed by atoms with Gasteiger partial charge >= 0.3 is 5.97 Å². The predicted octanol–water partition coefficient (Wildman–Crippen LogP) is 1.54. The van der Waals surface area contributed by atoms with Crippen LogP contribution < -0.4 is 5.32 Å². The van der Waals surface area contributed by atoms with E-state index in [1.807, 2.05) is 39.0 Å². The molecule has 1 N–H and O–H groups in total. The lowest BCUT2D eigenvalue weighted by Crippen LogP contribution is -2.31. The highest BCUT2D eigenvalue weighted by atomic mass is 32.2. The molecule has 1 aromatic carbocycles. The number of ether oxygens (including phenoxy) is 1. The highest BCUT2D eigenvalue weighted by molar-refractivity contribution is 7.92. The number of aryl methyl sites for hydroxylation is 2. The number of carbonyl (C=O) groups is 1. The molecule has 0 aliphatic carbocycles. The van der Waals surface area contributed by atoms with E-state index in [9.17, 15) is 13.2 Å². The lowest BCUT2D eigenvalue weighted by atomic mass is 10.00. The van der Waals surface area contributed by atoms with Crippen LogP contribution in [-0.2, 0) is 19.4 Å². The summed E-state index contributed by atoms with van der Waals surface area (Å²) < 4.78 is 28.7. The third kappa shape index (κ3) is 5.47. The Kier molecular flexibility index (Phi) is 6.36. The van der Waals surface area contributed by atoms with E-state index in [2.05, 4.69) is 10.1 Å². The van der Waals surface area contributed by atoms with Crippen molar-refractivity contribution < 1.29 is 17.9 Å². The van der Waals surface area contributed by atoms with E-state index in [0.29, 0.717) is 6.54 Å². The molecule has 0 aliphatic rings. The second-order valence-electron chi connectivity index (χ2n) is 5.10. The molecule has 0 radical (unpaired) electrons. The first-order valence-corrected chi connectivity index (χ1v) is 8.69. The van der Waals surface area contributed by atoms with Gasteiger partial charge in [0, 0.05) is 6.04 Å². The maximum atomic E-state index is 12.1. The number of benzene rings is 1. The lowest BCUT2D eigenvalue weighted by Gasteiger charge is -2.20. The van der Waals surface area contributed by atoms with Gasteiger partial charge in [-0.05, 0) is 31.5 Å². The van der Waals surface area contributed by atoms with Gasteiger partial charge in [0.05, 0.1) is 12.9 Å². The van der Waals surface area contributed by atoms with Crippen molar-refractivity contribution in [2.24, 2.45) is 0 Å². The normalized spacial score (nSPS) is 13.0. The number of hydrogen-bond acceptors (Lipinski definition) is 5. The standard InChI is InChI=1S/C15H23NO4S/c1-5-16-14(9-21(18,19)10-15(17)20-4)13-8-11(2)6-7-12(13)3/h6-8,14,16H,5,9-10H2,1-4H3. The number of carbonyl (C=O) groups excluding carboxylic acids is 1. The first-order valence-electron chi connectivity index (χ1n) is 6.87. The van der Waals surface area contributed by atoms with Crippen molar-refractivity contribution in [3.05, 3.63) is 34.9 Å². The molecule has 0 amide bonds. The van der Waals surface area contributed by atoms with Crippen LogP contribution in [0.5, 0.6) is 0 Å².